The highest BCUT2D eigenvalue weighted by Gasteiger charge is 2.60. The third kappa shape index (κ3) is 21.0. The van der Waals surface area contributed by atoms with Crippen LogP contribution < -0.4 is 0 Å². The zero-order chi connectivity index (χ0) is 75.4. The number of carboxylic acid groups (broad SMARTS) is 2. The Hall–Kier alpha value is -2.42. The lowest BCUT2D eigenvalue weighted by Gasteiger charge is -2.50. The van der Waals surface area contributed by atoms with Crippen molar-refractivity contribution in [3.8, 4) is 0 Å². The standard InChI is InChI=1S/C60H98O41S2/c1-3-21(52(82)83)16-102-18-29-50-36(73)43(80)59(93-29)98-48-27(14-64)89-55(39(76)32(48)69)95-45-24(11-61)88-54(38(75)31(45)68)96-46-26(13-63)92-58(42(79)35(46)72)101-51-30(19-103-17-22(53(84)85)10-23(67)5-7-87-9-8-86-6-4-20(2)66)94-60(44(81)37(51)74)99-49-28(15-65)90-56(40(77)33(49)70)97-47-25(12-62)91-57(100-50)41(78)34(47)71/h21-22,24-51,54-65,68-81H,3-19H2,1-2H3,(H,82,83)(H,84,85)/t21?,22?,24?,25?,26?,27?,28?,29?,30?,31-,32-,33-,34-,35-,36-,37-,38?,39?,40?,41?,42?,43?,44?,45-,46-,47-,48-,49-,50-,51-,54-,55-,56+,57+,58-,59+,60-/m1/s1. The van der Waals surface area contributed by atoms with Crippen LogP contribution in [0, 0.1) is 11.8 Å². The lowest BCUT2D eigenvalue weighted by atomic mass is 9.95. The minimum Gasteiger partial charge on any atom is -0.481 e. The molecule has 0 radical (unpaired) electrons. The number of rotatable bonds is 27. The van der Waals surface area contributed by atoms with E-state index in [0.717, 1.165) is 23.5 Å². The maximum absolute atomic E-state index is 13.0. The van der Waals surface area contributed by atoms with Crippen molar-refractivity contribution in [3.63, 3.8) is 0 Å². The molecule has 21 aliphatic heterocycles. The molecular formula is C60H98O41S2. The fourth-order valence-corrected chi connectivity index (χ4v) is 15.2. The molecule has 0 amide bonds. The zero-order valence-corrected chi connectivity index (χ0v) is 57.4. The summed E-state index contributed by atoms with van der Waals surface area (Å²) >= 11 is 1.73. The first-order valence-corrected chi connectivity index (χ1v) is 35.8. The topological polar surface area (TPSA) is 641 Å². The number of ketones is 2. The van der Waals surface area contributed by atoms with Crippen molar-refractivity contribution < 1.29 is 202 Å². The maximum Gasteiger partial charge on any atom is 0.307 e. The molecule has 41 nitrogen and oxygen atoms in total. The van der Waals surface area contributed by atoms with Gasteiger partial charge in [0.1, 0.15) is 170 Å². The van der Waals surface area contributed by atoms with Gasteiger partial charge in [0.25, 0.3) is 0 Å². The lowest BCUT2D eigenvalue weighted by molar-refractivity contribution is -0.395. The summed E-state index contributed by atoms with van der Waals surface area (Å²) in [6, 6.07) is 0. The second-order valence-corrected chi connectivity index (χ2v) is 28.2. The van der Waals surface area contributed by atoms with Crippen LogP contribution in [-0.2, 0) is 95.0 Å². The predicted octanol–water partition coefficient (Wildman–Crippen LogP) is -11.6. The molecule has 0 spiro atoms. The number of aliphatic carboxylic acids is 2. The third-order valence-electron chi connectivity index (χ3n) is 18.8. The number of Topliss-reactive ketones (excluding diaryl/α,β-unsaturated/α-hetero) is 2. The smallest absolute Gasteiger partial charge is 0.307 e. The van der Waals surface area contributed by atoms with E-state index in [0.29, 0.717) is 0 Å². The van der Waals surface area contributed by atoms with E-state index in [1.54, 1.807) is 6.92 Å². The van der Waals surface area contributed by atoms with Gasteiger partial charge in [-0.05, 0) is 13.3 Å². The SMILES string of the molecule is CCC(CSCC1O[C@H]2O[C@@H]3C(CO)O[C@H](O[C@@H]4C(CO)O[C@H](O[C@@H]5C(CO)O[C@H](O[C@@H]6C(CSCC(CC(=O)CCOCCOCCC(C)=O)C(=O)O)O[C@H](O[C@@H]7C(CO)O[C@@H](O[C@@H]8C(CO)O[C@@H](O[C@H]1[C@H](O)C2O)C(O)[C@H]8O)C(O)[C@H]7O)C(O)[C@H]6O)C(O)[C@H]5O)C(O)[C@H]4O)C(O)[C@H]3O)C(=O)O. The van der Waals surface area contributed by atoms with Crippen LogP contribution in [0.2, 0.25) is 0 Å². The first kappa shape index (κ1) is 86.2. The second-order valence-electron chi connectivity index (χ2n) is 26.0. The molecule has 14 bridgehead atoms. The Morgan fingerprint density at radius 2 is 0.563 bits per heavy atom. The molecule has 0 aromatic carbocycles. The van der Waals surface area contributed by atoms with Crippen LogP contribution in [0.3, 0.4) is 0 Å². The van der Waals surface area contributed by atoms with E-state index in [9.17, 15) is 126 Å². The monoisotopic (exact) mass is 1540 g/mol. The number of thioether (sulfide) groups is 2. The van der Waals surface area contributed by atoms with E-state index >= 15 is 0 Å². The molecule has 21 heterocycles. The van der Waals surface area contributed by atoms with E-state index in [1.807, 2.05) is 0 Å². The molecule has 0 aliphatic carbocycles. The van der Waals surface area contributed by atoms with Gasteiger partial charge in [-0.3, -0.25) is 19.2 Å². The summed E-state index contributed by atoms with van der Waals surface area (Å²) in [5.41, 5.74) is 0. The fraction of sp³-hybridized carbons (Fsp3) is 0.933. The molecule has 21 rings (SSSR count). The molecule has 0 aromatic heterocycles. The largest absolute Gasteiger partial charge is 0.481 e. The Kier molecular flexibility index (Phi) is 33.5. The van der Waals surface area contributed by atoms with E-state index < -0.39 is 290 Å². The van der Waals surface area contributed by atoms with E-state index in [1.165, 1.54) is 6.92 Å². The second kappa shape index (κ2) is 40.0. The van der Waals surface area contributed by atoms with Gasteiger partial charge in [-0.15, -0.1) is 0 Å². The Bertz CT molecular complexity index is 2610. The molecule has 21 saturated heterocycles. The maximum atomic E-state index is 13.0. The number of hydrogen-bond acceptors (Lipinski definition) is 41. The van der Waals surface area contributed by atoms with Crippen molar-refractivity contribution in [1.29, 1.82) is 0 Å². The van der Waals surface area contributed by atoms with Crippen molar-refractivity contribution in [2.45, 2.75) is 254 Å². The fourth-order valence-electron chi connectivity index (χ4n) is 12.7. The molecule has 43 heteroatoms. The first-order valence-electron chi connectivity index (χ1n) is 33.5. The van der Waals surface area contributed by atoms with Crippen molar-refractivity contribution in [2.24, 2.45) is 11.8 Å². The highest BCUT2D eigenvalue weighted by molar-refractivity contribution is 7.99. The van der Waals surface area contributed by atoms with E-state index in [-0.39, 0.29) is 68.7 Å². The number of hydrogen-bond donors (Lipinski definition) is 21. The first-order chi connectivity index (χ1) is 49.0. The van der Waals surface area contributed by atoms with Gasteiger partial charge in [0.05, 0.1) is 83.5 Å². The van der Waals surface area contributed by atoms with Crippen LogP contribution in [-0.4, -0.2) is 428 Å². The van der Waals surface area contributed by atoms with Crippen molar-refractivity contribution >= 4 is 47.0 Å². The molecule has 0 aromatic rings. The third-order valence-corrected chi connectivity index (χ3v) is 21.2. The summed E-state index contributed by atoms with van der Waals surface area (Å²) in [5.74, 6) is -6.75. The number of aliphatic hydroxyl groups excluding tert-OH is 19. The van der Waals surface area contributed by atoms with Crippen LogP contribution in [0.15, 0.2) is 0 Å². The van der Waals surface area contributed by atoms with Crippen molar-refractivity contribution in [1.82, 2.24) is 0 Å². The van der Waals surface area contributed by atoms with Gasteiger partial charge in [-0.25, -0.2) is 0 Å². The Morgan fingerprint density at radius 1 is 0.330 bits per heavy atom. The van der Waals surface area contributed by atoms with Crippen molar-refractivity contribution in [3.05, 3.63) is 0 Å². The van der Waals surface area contributed by atoms with Crippen molar-refractivity contribution in [2.75, 3.05) is 82.5 Å². The summed E-state index contributed by atoms with van der Waals surface area (Å²) in [7, 11) is 0. The van der Waals surface area contributed by atoms with Gasteiger partial charge in [0.15, 0.2) is 44.0 Å². The van der Waals surface area contributed by atoms with Gasteiger partial charge in [-0.2, -0.15) is 23.5 Å². The Morgan fingerprint density at radius 3 is 0.796 bits per heavy atom. The number of ether oxygens (including phenoxy) is 16. The summed E-state index contributed by atoms with van der Waals surface area (Å²) in [5, 5.41) is 237. The summed E-state index contributed by atoms with van der Waals surface area (Å²) < 4.78 is 93.4. The van der Waals surface area contributed by atoms with Gasteiger partial charge >= 0.3 is 11.9 Å². The van der Waals surface area contributed by atoms with Crippen LogP contribution in [0.4, 0.5) is 0 Å². The molecule has 16 unspecified atom stereocenters. The average molecular weight is 1540 g/mol. The summed E-state index contributed by atoms with van der Waals surface area (Å²) in [6.07, 6.45) is -72.7. The lowest BCUT2D eigenvalue weighted by Crippen LogP contribution is -2.68. The van der Waals surface area contributed by atoms with Gasteiger partial charge < -0.3 is 183 Å². The molecule has 21 aliphatic rings. The normalized spacial score (nSPS) is 44.9. The molecule has 37 atom stereocenters. The van der Waals surface area contributed by atoms with E-state index in [2.05, 4.69) is 0 Å². The van der Waals surface area contributed by atoms with Gasteiger partial charge in [-0.1, -0.05) is 6.92 Å². The molecule has 21 fully saturated rings. The quantitative estimate of drug-likeness (QED) is 0.0340. The molecule has 21 N–H and O–H groups in total. The summed E-state index contributed by atoms with van der Waals surface area (Å²) in [6.45, 7) is -2.28. The Labute approximate surface area is 596 Å². The zero-order valence-electron chi connectivity index (χ0n) is 55.8. The number of carboxylic acids is 2. The average Bonchev–Trinajstić information content (AvgIpc) is 0.785. The Balaban J connectivity index is 1.08. The van der Waals surface area contributed by atoms with Gasteiger partial charge in [0.2, 0.25) is 0 Å². The molecule has 103 heavy (non-hydrogen) atoms. The molecular weight excluding hydrogens is 1440 g/mol. The minimum absolute atomic E-state index is 0.0656. The van der Waals surface area contributed by atoms with Crippen LogP contribution >= 0.6 is 23.5 Å². The molecule has 0 saturated carbocycles. The summed E-state index contributed by atoms with van der Waals surface area (Å²) in [4.78, 5) is 48.8. The number of carbonyl (C=O) groups excluding carboxylic acids is 2. The minimum atomic E-state index is -2.31. The van der Waals surface area contributed by atoms with Gasteiger partial charge in [0, 0.05) is 42.3 Å². The van der Waals surface area contributed by atoms with Crippen LogP contribution in [0.25, 0.3) is 0 Å². The highest BCUT2D eigenvalue weighted by Crippen LogP contribution is 2.40. The number of aliphatic hydroxyl groups is 19. The van der Waals surface area contributed by atoms with Crippen LogP contribution in [0.5, 0.6) is 0 Å². The van der Waals surface area contributed by atoms with Crippen LogP contribution in [0.1, 0.15) is 39.5 Å². The number of carbonyl (C=O) groups is 4. The highest BCUT2D eigenvalue weighted by atomic mass is 32.2. The van der Waals surface area contributed by atoms with E-state index in [4.69, 9.17) is 75.8 Å². The molecule has 596 valence electrons. The predicted molar refractivity (Wildman–Crippen MR) is 333 cm³/mol.